The van der Waals surface area contributed by atoms with Crippen LogP contribution in [0.15, 0.2) is 40.3 Å². The highest BCUT2D eigenvalue weighted by Gasteiger charge is 2.16. The Kier molecular flexibility index (Phi) is 6.42. The highest BCUT2D eigenvalue weighted by atomic mass is 32.2. The van der Waals surface area contributed by atoms with Crippen LogP contribution >= 0.6 is 23.1 Å². The minimum absolute atomic E-state index is 0.144. The molecule has 28 heavy (non-hydrogen) atoms. The number of thioether (sulfide) groups is 1. The van der Waals surface area contributed by atoms with Crippen LogP contribution in [0.25, 0.3) is 0 Å². The highest BCUT2D eigenvalue weighted by Crippen LogP contribution is 2.23. The van der Waals surface area contributed by atoms with Crippen molar-refractivity contribution in [2.45, 2.75) is 17.8 Å². The molecule has 0 aliphatic heterocycles. The zero-order valence-corrected chi connectivity index (χ0v) is 16.9. The first-order valence-corrected chi connectivity index (χ1v) is 10.2. The van der Waals surface area contributed by atoms with Crippen LogP contribution in [0.5, 0.6) is 0 Å². The minimum Gasteiger partial charge on any atom is -0.347 e. The number of halogens is 1. The molecule has 0 spiro atoms. The van der Waals surface area contributed by atoms with Gasteiger partial charge >= 0.3 is 0 Å². The van der Waals surface area contributed by atoms with E-state index < -0.39 is 5.82 Å². The third-order valence-electron chi connectivity index (χ3n) is 3.64. The number of aromatic amines is 1. The third-order valence-corrected chi connectivity index (χ3v) is 5.78. The number of rotatable bonds is 7. The molecule has 2 amide bonds. The number of nitrogens with one attached hydrogen (secondary N) is 2. The number of amides is 2. The second-order valence-electron chi connectivity index (χ2n) is 6.02. The summed E-state index contributed by atoms with van der Waals surface area (Å²) in [6.45, 7) is 2.14. The van der Waals surface area contributed by atoms with Crippen molar-refractivity contribution in [1.82, 2.24) is 19.9 Å². The molecule has 10 heteroatoms. The molecule has 0 unspecified atom stereocenters. The standard InChI is InChI=1S/C18H18FN5O2S2/c1-11-9-27-18(22-11)28-10-16(25)23-14-6-12(5-13(19)7-14)17(26)24(2)8-15-20-3-4-21-15/h3-7,9H,8,10H2,1-2H3,(H,20,21)(H,23,25). The summed E-state index contributed by atoms with van der Waals surface area (Å²) in [7, 11) is 1.60. The zero-order valence-electron chi connectivity index (χ0n) is 15.2. The Balaban J connectivity index is 1.63. The Morgan fingerprint density at radius 2 is 2.18 bits per heavy atom. The van der Waals surface area contributed by atoms with Crippen LogP contribution in [0.2, 0.25) is 0 Å². The van der Waals surface area contributed by atoms with Gasteiger partial charge in [-0.3, -0.25) is 9.59 Å². The highest BCUT2D eigenvalue weighted by molar-refractivity contribution is 8.01. The number of H-pyrrole nitrogens is 1. The predicted molar refractivity (Wildman–Crippen MR) is 107 cm³/mol. The van der Waals surface area contributed by atoms with E-state index in [9.17, 15) is 14.0 Å². The Bertz CT molecular complexity index is 974. The Morgan fingerprint density at radius 1 is 1.36 bits per heavy atom. The molecular weight excluding hydrogens is 401 g/mol. The van der Waals surface area contributed by atoms with Gasteiger partial charge in [0.15, 0.2) is 4.34 Å². The number of nitrogens with zero attached hydrogens (tertiary/aromatic N) is 3. The maximum Gasteiger partial charge on any atom is 0.254 e. The lowest BCUT2D eigenvalue weighted by Gasteiger charge is -2.16. The summed E-state index contributed by atoms with van der Waals surface area (Å²) in [5, 5.41) is 4.53. The average Bonchev–Trinajstić information content (AvgIpc) is 3.30. The van der Waals surface area contributed by atoms with Gasteiger partial charge in [-0.2, -0.15) is 0 Å². The summed E-state index contributed by atoms with van der Waals surface area (Å²) in [4.78, 5) is 37.4. The van der Waals surface area contributed by atoms with Crippen molar-refractivity contribution in [3.8, 4) is 0 Å². The van der Waals surface area contributed by atoms with Crippen molar-refractivity contribution in [3.05, 3.63) is 58.9 Å². The molecule has 146 valence electrons. The first-order chi connectivity index (χ1) is 13.4. The molecule has 2 aromatic heterocycles. The number of benzene rings is 1. The summed E-state index contributed by atoms with van der Waals surface area (Å²) in [5.74, 6) is -0.513. The van der Waals surface area contributed by atoms with Gasteiger partial charge in [-0.15, -0.1) is 11.3 Å². The number of thiazole rings is 1. The molecule has 0 fully saturated rings. The van der Waals surface area contributed by atoms with Crippen LogP contribution < -0.4 is 5.32 Å². The first-order valence-electron chi connectivity index (χ1n) is 8.30. The zero-order chi connectivity index (χ0) is 20.1. The molecule has 0 saturated heterocycles. The Labute approximate surface area is 169 Å². The number of aryl methyl sites for hydroxylation is 1. The largest absolute Gasteiger partial charge is 0.347 e. The van der Waals surface area contributed by atoms with Crippen molar-refractivity contribution >= 4 is 40.6 Å². The average molecular weight is 420 g/mol. The quantitative estimate of drug-likeness (QED) is 0.574. The van der Waals surface area contributed by atoms with Crippen molar-refractivity contribution in [1.29, 1.82) is 0 Å². The van der Waals surface area contributed by atoms with Crippen LogP contribution in [0, 0.1) is 12.7 Å². The van der Waals surface area contributed by atoms with Gasteiger partial charge in [-0.25, -0.2) is 14.4 Å². The van der Waals surface area contributed by atoms with Crippen LogP contribution in [0.3, 0.4) is 0 Å². The van der Waals surface area contributed by atoms with E-state index in [0.29, 0.717) is 5.82 Å². The summed E-state index contributed by atoms with van der Waals surface area (Å²) in [5.41, 5.74) is 1.28. The molecule has 2 heterocycles. The van der Waals surface area contributed by atoms with E-state index in [1.165, 1.54) is 40.1 Å². The maximum atomic E-state index is 14.0. The van der Waals surface area contributed by atoms with E-state index in [-0.39, 0.29) is 35.4 Å². The number of carbonyl (C=O) groups is 2. The summed E-state index contributed by atoms with van der Waals surface area (Å²) in [6, 6.07) is 3.78. The van der Waals surface area contributed by atoms with Gasteiger partial charge < -0.3 is 15.2 Å². The lowest BCUT2D eigenvalue weighted by molar-refractivity contribution is -0.113. The third kappa shape index (κ3) is 5.40. The number of aromatic nitrogens is 3. The number of carbonyl (C=O) groups excluding carboxylic acids is 2. The van der Waals surface area contributed by atoms with E-state index in [2.05, 4.69) is 20.3 Å². The van der Waals surface area contributed by atoms with Gasteiger partial charge in [-0.1, -0.05) is 11.8 Å². The summed E-state index contributed by atoms with van der Waals surface area (Å²) in [6.07, 6.45) is 3.25. The lowest BCUT2D eigenvalue weighted by Crippen LogP contribution is -2.27. The molecule has 3 aromatic rings. The molecule has 0 bridgehead atoms. The van der Waals surface area contributed by atoms with Crippen LogP contribution in [0.4, 0.5) is 10.1 Å². The minimum atomic E-state index is -0.601. The normalized spacial score (nSPS) is 10.7. The van der Waals surface area contributed by atoms with E-state index in [4.69, 9.17) is 0 Å². The van der Waals surface area contributed by atoms with Crippen molar-refractivity contribution in [3.63, 3.8) is 0 Å². The number of hydrogen-bond acceptors (Lipinski definition) is 6. The smallest absolute Gasteiger partial charge is 0.254 e. The fourth-order valence-corrected chi connectivity index (χ4v) is 4.06. The second kappa shape index (κ2) is 8.98. The van der Waals surface area contributed by atoms with Crippen molar-refractivity contribution in [2.75, 3.05) is 18.1 Å². The van der Waals surface area contributed by atoms with E-state index in [1.54, 1.807) is 19.4 Å². The van der Waals surface area contributed by atoms with Gasteiger partial charge in [0, 0.05) is 41.8 Å². The van der Waals surface area contributed by atoms with Crippen molar-refractivity contribution < 1.29 is 14.0 Å². The van der Waals surface area contributed by atoms with Gasteiger partial charge in [-0.05, 0) is 25.1 Å². The molecular formula is C18H18FN5O2S2. The van der Waals surface area contributed by atoms with Crippen molar-refractivity contribution in [2.24, 2.45) is 0 Å². The fraction of sp³-hybridized carbons (Fsp3) is 0.222. The van der Waals surface area contributed by atoms with Crippen LogP contribution in [0.1, 0.15) is 21.9 Å². The van der Waals surface area contributed by atoms with Gasteiger partial charge in [0.25, 0.3) is 5.91 Å². The van der Waals surface area contributed by atoms with Crippen LogP contribution in [-0.2, 0) is 11.3 Å². The van der Waals surface area contributed by atoms with E-state index in [1.807, 2.05) is 12.3 Å². The van der Waals surface area contributed by atoms with Gasteiger partial charge in [0.05, 0.1) is 12.3 Å². The number of anilines is 1. The molecule has 1 aromatic carbocycles. The van der Waals surface area contributed by atoms with E-state index in [0.717, 1.165) is 16.1 Å². The van der Waals surface area contributed by atoms with Crippen LogP contribution in [-0.4, -0.2) is 44.5 Å². The first kappa shape index (κ1) is 20.0. The Morgan fingerprint density at radius 3 is 2.86 bits per heavy atom. The summed E-state index contributed by atoms with van der Waals surface area (Å²) < 4.78 is 14.8. The predicted octanol–water partition coefficient (Wildman–Crippen LogP) is 3.32. The number of imidazole rings is 1. The maximum absolute atomic E-state index is 14.0. The monoisotopic (exact) mass is 419 g/mol. The molecule has 3 rings (SSSR count). The molecule has 0 aliphatic carbocycles. The van der Waals surface area contributed by atoms with Gasteiger partial charge in [0.2, 0.25) is 5.91 Å². The molecule has 0 atom stereocenters. The summed E-state index contributed by atoms with van der Waals surface area (Å²) >= 11 is 2.77. The lowest BCUT2D eigenvalue weighted by atomic mass is 10.1. The topological polar surface area (TPSA) is 91.0 Å². The Hall–Kier alpha value is -2.72. The molecule has 7 nitrogen and oxygen atoms in total. The van der Waals surface area contributed by atoms with E-state index >= 15 is 0 Å². The molecule has 2 N–H and O–H groups in total. The fourth-order valence-electron chi connectivity index (χ4n) is 2.41. The molecule has 0 aliphatic rings. The second-order valence-corrected chi connectivity index (χ2v) is 8.10. The van der Waals surface area contributed by atoms with Gasteiger partial charge in [0.1, 0.15) is 11.6 Å². The molecule has 0 saturated carbocycles. The SMILES string of the molecule is Cc1csc(SCC(=O)Nc2cc(F)cc(C(=O)N(C)Cc3ncc[nH]3)c2)n1. The number of hydrogen-bond donors (Lipinski definition) is 2. The molecule has 0 radical (unpaired) electrons.